The normalized spacial score (nSPS) is 17.8. The summed E-state index contributed by atoms with van der Waals surface area (Å²) in [7, 11) is 0. The van der Waals surface area contributed by atoms with Gasteiger partial charge in [-0.3, -0.25) is 4.79 Å². The molecule has 33 heavy (non-hydrogen) atoms. The first-order valence-corrected chi connectivity index (χ1v) is 11.5. The van der Waals surface area contributed by atoms with E-state index in [1.54, 1.807) is 18.3 Å². The highest BCUT2D eigenvalue weighted by Gasteiger charge is 2.38. The largest absolute Gasteiger partial charge is 0.477 e. The molecule has 0 N–H and O–H groups in total. The number of carbonyl (C=O) groups excluding carboxylic acids is 1. The van der Waals surface area contributed by atoms with E-state index in [9.17, 15) is 4.79 Å². The second-order valence-electron chi connectivity index (χ2n) is 8.71. The summed E-state index contributed by atoms with van der Waals surface area (Å²) in [4.78, 5) is 29.9. The third-order valence-electron chi connectivity index (χ3n) is 6.40. The SMILES string of the molecule is CCC1(COc2ncc(C(=O)N3CCN(c4nc5nc(Cl)ccc5o4)CC3)cc2C)COC1. The van der Waals surface area contributed by atoms with Crippen LogP contribution in [-0.2, 0) is 4.74 Å². The number of oxazole rings is 1. The Hall–Kier alpha value is -2.91. The van der Waals surface area contributed by atoms with Gasteiger partial charge in [-0.15, -0.1) is 0 Å². The van der Waals surface area contributed by atoms with Crippen LogP contribution < -0.4 is 9.64 Å². The number of halogens is 1. The van der Waals surface area contributed by atoms with Gasteiger partial charge in [-0.1, -0.05) is 18.5 Å². The van der Waals surface area contributed by atoms with E-state index in [1.807, 2.05) is 22.8 Å². The Morgan fingerprint density at radius 3 is 2.67 bits per heavy atom. The van der Waals surface area contributed by atoms with Crippen LogP contribution in [0.3, 0.4) is 0 Å². The van der Waals surface area contributed by atoms with Crippen molar-refractivity contribution in [2.45, 2.75) is 20.3 Å². The summed E-state index contributed by atoms with van der Waals surface area (Å²) in [6, 6.07) is 5.77. The molecular weight excluding hydrogens is 446 g/mol. The maximum atomic E-state index is 13.1. The number of ether oxygens (including phenoxy) is 2. The molecule has 0 unspecified atom stereocenters. The fourth-order valence-electron chi connectivity index (χ4n) is 4.03. The van der Waals surface area contributed by atoms with E-state index in [-0.39, 0.29) is 11.3 Å². The molecule has 2 fully saturated rings. The lowest BCUT2D eigenvalue weighted by Crippen LogP contribution is -2.49. The van der Waals surface area contributed by atoms with Gasteiger partial charge in [0.25, 0.3) is 11.9 Å². The topological polar surface area (TPSA) is 93.8 Å². The van der Waals surface area contributed by atoms with Crippen LogP contribution in [0.4, 0.5) is 6.01 Å². The van der Waals surface area contributed by atoms with Crippen LogP contribution in [0.1, 0.15) is 29.3 Å². The number of piperazine rings is 1. The van der Waals surface area contributed by atoms with Gasteiger partial charge in [0.2, 0.25) is 11.5 Å². The van der Waals surface area contributed by atoms with E-state index in [1.165, 1.54) is 0 Å². The average Bonchev–Trinajstić information content (AvgIpc) is 3.22. The highest BCUT2D eigenvalue weighted by Crippen LogP contribution is 2.32. The summed E-state index contributed by atoms with van der Waals surface area (Å²) < 4.78 is 17.1. The van der Waals surface area contributed by atoms with E-state index in [0.29, 0.717) is 66.6 Å². The number of aryl methyl sites for hydroxylation is 1. The molecule has 0 saturated carbocycles. The van der Waals surface area contributed by atoms with Gasteiger partial charge in [0.15, 0.2) is 5.58 Å². The molecule has 0 aromatic carbocycles. The van der Waals surface area contributed by atoms with E-state index in [4.69, 9.17) is 25.5 Å². The number of aromatic nitrogens is 3. The lowest BCUT2D eigenvalue weighted by molar-refractivity contribution is -0.134. The van der Waals surface area contributed by atoms with Crippen molar-refractivity contribution in [2.75, 3.05) is 50.9 Å². The molecule has 0 spiro atoms. The molecule has 3 aromatic rings. The molecule has 1 amide bonds. The number of amides is 1. The molecule has 2 aliphatic rings. The van der Waals surface area contributed by atoms with Gasteiger partial charge >= 0.3 is 0 Å². The van der Waals surface area contributed by atoms with Gasteiger partial charge in [0, 0.05) is 37.9 Å². The predicted octanol–water partition coefficient (Wildman–Crippen LogP) is 3.35. The van der Waals surface area contributed by atoms with Crippen molar-refractivity contribution < 1.29 is 18.7 Å². The number of nitrogens with zero attached hydrogens (tertiary/aromatic N) is 5. The molecule has 3 aromatic heterocycles. The highest BCUT2D eigenvalue weighted by molar-refractivity contribution is 6.29. The van der Waals surface area contributed by atoms with Crippen LogP contribution in [-0.4, -0.2) is 71.8 Å². The summed E-state index contributed by atoms with van der Waals surface area (Å²) in [6.07, 6.45) is 2.60. The molecular formula is C23H26ClN5O4. The van der Waals surface area contributed by atoms with Gasteiger partial charge in [0.05, 0.1) is 30.8 Å². The molecule has 9 nitrogen and oxygen atoms in total. The molecule has 0 radical (unpaired) electrons. The lowest BCUT2D eigenvalue weighted by atomic mass is 9.84. The molecule has 5 rings (SSSR count). The third kappa shape index (κ3) is 4.35. The zero-order valence-electron chi connectivity index (χ0n) is 18.7. The van der Waals surface area contributed by atoms with E-state index >= 15 is 0 Å². The van der Waals surface area contributed by atoms with Gasteiger partial charge in [-0.2, -0.15) is 4.98 Å². The van der Waals surface area contributed by atoms with Crippen molar-refractivity contribution in [3.63, 3.8) is 0 Å². The van der Waals surface area contributed by atoms with Gasteiger partial charge in [-0.05, 0) is 31.5 Å². The van der Waals surface area contributed by atoms with Crippen LogP contribution in [0, 0.1) is 12.3 Å². The number of anilines is 1. The van der Waals surface area contributed by atoms with E-state index in [2.05, 4.69) is 21.9 Å². The molecule has 10 heteroatoms. The van der Waals surface area contributed by atoms with Crippen molar-refractivity contribution in [3.05, 3.63) is 40.7 Å². The lowest BCUT2D eigenvalue weighted by Gasteiger charge is -2.40. The Balaban J connectivity index is 1.20. The van der Waals surface area contributed by atoms with Gasteiger partial charge in [0.1, 0.15) is 5.15 Å². The van der Waals surface area contributed by atoms with Crippen LogP contribution in [0.2, 0.25) is 5.15 Å². The molecule has 5 heterocycles. The molecule has 0 atom stereocenters. The molecule has 0 bridgehead atoms. The zero-order valence-corrected chi connectivity index (χ0v) is 19.5. The minimum atomic E-state index is -0.0414. The number of hydrogen-bond acceptors (Lipinski definition) is 8. The van der Waals surface area contributed by atoms with Crippen molar-refractivity contribution in [1.29, 1.82) is 0 Å². The van der Waals surface area contributed by atoms with Crippen LogP contribution in [0.15, 0.2) is 28.8 Å². The summed E-state index contributed by atoms with van der Waals surface area (Å²) in [6.45, 7) is 8.42. The molecule has 0 aliphatic carbocycles. The second kappa shape index (κ2) is 8.79. The van der Waals surface area contributed by atoms with Gasteiger partial charge < -0.3 is 23.7 Å². The van der Waals surface area contributed by atoms with Crippen LogP contribution in [0.5, 0.6) is 5.88 Å². The fourth-order valence-corrected chi connectivity index (χ4v) is 4.18. The van der Waals surface area contributed by atoms with Gasteiger partial charge in [-0.25, -0.2) is 9.97 Å². The van der Waals surface area contributed by atoms with E-state index < -0.39 is 0 Å². The quantitative estimate of drug-likeness (QED) is 0.505. The Kier molecular flexibility index (Phi) is 5.84. The van der Waals surface area contributed by atoms with Crippen molar-refractivity contribution >= 4 is 34.8 Å². The first kappa shape index (κ1) is 21.9. The molecule has 174 valence electrons. The van der Waals surface area contributed by atoms with Crippen LogP contribution >= 0.6 is 11.6 Å². The Bertz CT molecular complexity index is 1170. The summed E-state index contributed by atoms with van der Waals surface area (Å²) in [5.74, 6) is 0.529. The number of carbonyl (C=O) groups is 1. The monoisotopic (exact) mass is 471 g/mol. The predicted molar refractivity (Wildman–Crippen MR) is 123 cm³/mol. The van der Waals surface area contributed by atoms with Crippen molar-refractivity contribution in [3.8, 4) is 5.88 Å². The number of pyridine rings is 2. The van der Waals surface area contributed by atoms with Crippen molar-refractivity contribution in [1.82, 2.24) is 19.9 Å². The van der Waals surface area contributed by atoms with Crippen LogP contribution in [0.25, 0.3) is 11.2 Å². The zero-order chi connectivity index (χ0) is 23.0. The molecule has 2 aliphatic heterocycles. The Morgan fingerprint density at radius 1 is 1.21 bits per heavy atom. The number of fused-ring (bicyclic) bond motifs is 1. The number of rotatable bonds is 6. The molecule has 2 saturated heterocycles. The van der Waals surface area contributed by atoms with E-state index in [0.717, 1.165) is 25.2 Å². The Morgan fingerprint density at radius 2 is 2.00 bits per heavy atom. The summed E-state index contributed by atoms with van der Waals surface area (Å²) in [5, 5.41) is 0.375. The summed E-state index contributed by atoms with van der Waals surface area (Å²) in [5.41, 5.74) is 2.56. The maximum absolute atomic E-state index is 13.1. The Labute approximate surface area is 196 Å². The summed E-state index contributed by atoms with van der Waals surface area (Å²) >= 11 is 5.93. The smallest absolute Gasteiger partial charge is 0.300 e. The number of hydrogen-bond donors (Lipinski definition) is 0. The first-order chi connectivity index (χ1) is 16.0. The average molecular weight is 472 g/mol. The highest BCUT2D eigenvalue weighted by atomic mass is 35.5. The maximum Gasteiger partial charge on any atom is 0.300 e. The second-order valence-corrected chi connectivity index (χ2v) is 9.10. The fraction of sp³-hybridized carbons (Fsp3) is 0.478. The minimum Gasteiger partial charge on any atom is -0.477 e. The van der Waals surface area contributed by atoms with Crippen molar-refractivity contribution in [2.24, 2.45) is 5.41 Å². The first-order valence-electron chi connectivity index (χ1n) is 11.1. The standard InChI is InChI=1S/C23H26ClN5O4/c1-3-23(12-31-13-23)14-32-20-15(2)10-16(11-25-20)21(30)28-6-8-29(9-7-28)22-27-19-17(33-22)4-5-18(24)26-19/h4-5,10-11H,3,6-9,12-14H2,1-2H3. The minimum absolute atomic E-state index is 0.0414. The third-order valence-corrected chi connectivity index (χ3v) is 6.61.